The fourth-order valence-electron chi connectivity index (χ4n) is 3.29. The summed E-state index contributed by atoms with van der Waals surface area (Å²) in [5.41, 5.74) is 2.45. The van der Waals surface area contributed by atoms with Crippen molar-refractivity contribution >= 4 is 45.0 Å². The average Bonchev–Trinajstić information content (AvgIpc) is 3.19. The molecule has 2 heterocycles. The van der Waals surface area contributed by atoms with E-state index in [1.807, 2.05) is 24.3 Å². The SMILES string of the molecule is CC(C(=O)N/N=c1/sc2ccccc2n1C)N1C(=O)c2cccc([N+](=O)[O-])c2C1=O. The van der Waals surface area contributed by atoms with Gasteiger partial charge in [0.1, 0.15) is 11.6 Å². The molecule has 4 rings (SSSR count). The van der Waals surface area contributed by atoms with E-state index in [2.05, 4.69) is 10.5 Å². The molecule has 3 amide bonds. The smallest absolute Gasteiger partial charge is 0.282 e. The van der Waals surface area contributed by atoms with Crippen LogP contribution >= 0.6 is 11.3 Å². The van der Waals surface area contributed by atoms with Crippen LogP contribution in [0.5, 0.6) is 0 Å². The Kier molecular flexibility index (Phi) is 4.66. The van der Waals surface area contributed by atoms with Crippen LogP contribution < -0.4 is 10.2 Å². The number of para-hydroxylation sites is 1. The molecule has 0 aliphatic carbocycles. The molecular formula is C19H15N5O5S. The van der Waals surface area contributed by atoms with Gasteiger partial charge >= 0.3 is 0 Å². The first-order chi connectivity index (χ1) is 14.3. The molecule has 0 saturated carbocycles. The molecule has 2 aromatic carbocycles. The Morgan fingerprint density at radius 2 is 1.90 bits per heavy atom. The van der Waals surface area contributed by atoms with Crippen LogP contribution in [0.25, 0.3) is 10.2 Å². The quantitative estimate of drug-likeness (QED) is 0.387. The second-order valence-corrected chi connectivity index (χ2v) is 7.62. The number of hydrogen-bond donors (Lipinski definition) is 1. The fraction of sp³-hybridized carbons (Fsp3) is 0.158. The molecule has 11 heteroatoms. The summed E-state index contributed by atoms with van der Waals surface area (Å²) in [6.45, 7) is 1.36. The van der Waals surface area contributed by atoms with E-state index in [0.29, 0.717) is 9.70 Å². The zero-order valence-corrected chi connectivity index (χ0v) is 16.7. The Bertz CT molecular complexity index is 1310. The molecule has 1 unspecified atom stereocenters. The zero-order valence-electron chi connectivity index (χ0n) is 15.9. The lowest BCUT2D eigenvalue weighted by atomic mass is 10.1. The van der Waals surface area contributed by atoms with Crippen molar-refractivity contribution in [3.05, 3.63) is 68.5 Å². The number of nitro groups is 1. The highest BCUT2D eigenvalue weighted by atomic mass is 32.1. The van der Waals surface area contributed by atoms with Crippen LogP contribution in [0, 0.1) is 10.1 Å². The number of imide groups is 1. The van der Waals surface area contributed by atoms with Crippen molar-refractivity contribution in [2.24, 2.45) is 12.1 Å². The van der Waals surface area contributed by atoms with Gasteiger partial charge in [0.2, 0.25) is 4.80 Å². The molecule has 1 N–H and O–H groups in total. The number of aryl methyl sites for hydroxylation is 1. The van der Waals surface area contributed by atoms with E-state index in [4.69, 9.17) is 0 Å². The lowest BCUT2D eigenvalue weighted by molar-refractivity contribution is -0.385. The summed E-state index contributed by atoms with van der Waals surface area (Å²) in [5.74, 6) is -2.32. The molecule has 0 saturated heterocycles. The minimum absolute atomic E-state index is 0.0957. The van der Waals surface area contributed by atoms with E-state index in [9.17, 15) is 24.5 Å². The molecule has 30 heavy (non-hydrogen) atoms. The van der Waals surface area contributed by atoms with Crippen LogP contribution in [0.1, 0.15) is 27.6 Å². The van der Waals surface area contributed by atoms with Gasteiger partial charge in [0, 0.05) is 13.1 Å². The topological polar surface area (TPSA) is 127 Å². The molecule has 152 valence electrons. The van der Waals surface area contributed by atoms with E-state index < -0.39 is 34.4 Å². The van der Waals surface area contributed by atoms with Crippen LogP contribution in [0.15, 0.2) is 47.6 Å². The molecule has 10 nitrogen and oxygen atoms in total. The third kappa shape index (κ3) is 2.95. The molecule has 0 spiro atoms. The van der Waals surface area contributed by atoms with Crippen LogP contribution in [-0.4, -0.2) is 38.2 Å². The Morgan fingerprint density at radius 1 is 1.17 bits per heavy atom. The van der Waals surface area contributed by atoms with Crippen LogP contribution in [0.3, 0.4) is 0 Å². The van der Waals surface area contributed by atoms with Gasteiger partial charge in [-0.2, -0.15) is 0 Å². The zero-order chi connectivity index (χ0) is 21.6. The van der Waals surface area contributed by atoms with Gasteiger partial charge in [-0.3, -0.25) is 29.4 Å². The first-order valence-electron chi connectivity index (χ1n) is 8.84. The van der Waals surface area contributed by atoms with Gasteiger partial charge in [-0.15, -0.1) is 5.10 Å². The summed E-state index contributed by atoms with van der Waals surface area (Å²) >= 11 is 1.37. The highest BCUT2D eigenvalue weighted by Crippen LogP contribution is 2.31. The van der Waals surface area contributed by atoms with Gasteiger partial charge in [0.15, 0.2) is 0 Å². The third-order valence-corrected chi connectivity index (χ3v) is 5.98. The summed E-state index contributed by atoms with van der Waals surface area (Å²) < 4.78 is 2.78. The van der Waals surface area contributed by atoms with E-state index >= 15 is 0 Å². The predicted molar refractivity (Wildman–Crippen MR) is 108 cm³/mol. The van der Waals surface area contributed by atoms with Gasteiger partial charge in [0.05, 0.1) is 20.7 Å². The Morgan fingerprint density at radius 3 is 2.60 bits per heavy atom. The van der Waals surface area contributed by atoms with Crippen molar-refractivity contribution in [2.45, 2.75) is 13.0 Å². The van der Waals surface area contributed by atoms with Crippen LogP contribution in [0.4, 0.5) is 5.69 Å². The first kappa shape index (κ1) is 19.5. The van der Waals surface area contributed by atoms with Crippen LogP contribution in [-0.2, 0) is 11.8 Å². The molecule has 0 radical (unpaired) electrons. The number of thiazole rings is 1. The second kappa shape index (κ2) is 7.19. The van der Waals surface area contributed by atoms with Crippen molar-refractivity contribution in [3.63, 3.8) is 0 Å². The van der Waals surface area contributed by atoms with Crippen molar-refractivity contribution in [1.82, 2.24) is 14.9 Å². The molecule has 0 bridgehead atoms. The number of carbonyl (C=O) groups is 3. The number of amides is 3. The minimum atomic E-state index is -1.21. The maximum atomic E-state index is 12.7. The summed E-state index contributed by atoms with van der Waals surface area (Å²) in [5, 5.41) is 15.3. The van der Waals surface area contributed by atoms with Crippen molar-refractivity contribution in [3.8, 4) is 0 Å². The summed E-state index contributed by atoms with van der Waals surface area (Å²) in [7, 11) is 1.80. The fourth-order valence-corrected chi connectivity index (χ4v) is 4.27. The Balaban J connectivity index is 1.61. The average molecular weight is 425 g/mol. The third-order valence-electron chi connectivity index (χ3n) is 4.86. The predicted octanol–water partition coefficient (Wildman–Crippen LogP) is 1.76. The van der Waals surface area contributed by atoms with E-state index in [1.165, 1.54) is 30.4 Å². The van der Waals surface area contributed by atoms with Gasteiger partial charge in [-0.25, -0.2) is 5.43 Å². The lowest BCUT2D eigenvalue weighted by Crippen LogP contribution is -2.47. The summed E-state index contributed by atoms with van der Waals surface area (Å²) in [6, 6.07) is 10.2. The number of rotatable bonds is 4. The van der Waals surface area contributed by atoms with Crippen molar-refractivity contribution in [1.29, 1.82) is 0 Å². The summed E-state index contributed by atoms with van der Waals surface area (Å²) in [6.07, 6.45) is 0. The highest BCUT2D eigenvalue weighted by molar-refractivity contribution is 7.16. The molecule has 0 fully saturated rings. The lowest BCUT2D eigenvalue weighted by Gasteiger charge is -2.20. The second-order valence-electron chi connectivity index (χ2n) is 6.61. The van der Waals surface area contributed by atoms with Crippen molar-refractivity contribution in [2.75, 3.05) is 0 Å². The standard InChI is InChI=1S/C19H15N5O5S/c1-10(16(25)20-21-19-22(2)12-7-3-4-9-14(12)30-19)23-17(26)11-6-5-8-13(24(28)29)15(11)18(23)27/h3-10H,1-2H3,(H,20,25)/b21-19+. The molecule has 1 atom stereocenters. The number of hydrogen-bond acceptors (Lipinski definition) is 7. The van der Waals surface area contributed by atoms with Crippen molar-refractivity contribution < 1.29 is 19.3 Å². The number of nitro benzene ring substituents is 1. The minimum Gasteiger partial charge on any atom is -0.318 e. The summed E-state index contributed by atoms with van der Waals surface area (Å²) in [4.78, 5) is 49.7. The van der Waals surface area contributed by atoms with Crippen LogP contribution in [0.2, 0.25) is 0 Å². The Hall–Kier alpha value is -3.86. The number of carbonyl (C=O) groups excluding carboxylic acids is 3. The van der Waals surface area contributed by atoms with E-state index in [1.54, 1.807) is 11.6 Å². The molecule has 1 aliphatic heterocycles. The molecule has 1 aliphatic rings. The maximum Gasteiger partial charge on any atom is 0.282 e. The van der Waals surface area contributed by atoms with Gasteiger partial charge in [-0.05, 0) is 25.1 Å². The van der Waals surface area contributed by atoms with Gasteiger partial charge in [-0.1, -0.05) is 29.5 Å². The number of fused-ring (bicyclic) bond motifs is 2. The molecule has 1 aromatic heterocycles. The monoisotopic (exact) mass is 425 g/mol. The number of nitrogens with one attached hydrogen (secondary N) is 1. The number of benzene rings is 2. The normalized spacial score (nSPS) is 14.9. The number of nitrogens with zero attached hydrogens (tertiary/aromatic N) is 4. The van der Waals surface area contributed by atoms with E-state index in [0.717, 1.165) is 16.3 Å². The number of aromatic nitrogens is 1. The maximum absolute atomic E-state index is 12.7. The Labute approximate surface area is 173 Å². The largest absolute Gasteiger partial charge is 0.318 e. The highest BCUT2D eigenvalue weighted by Gasteiger charge is 2.44. The van der Waals surface area contributed by atoms with Gasteiger partial charge in [0.25, 0.3) is 23.4 Å². The molecule has 3 aromatic rings. The first-order valence-corrected chi connectivity index (χ1v) is 9.66. The van der Waals surface area contributed by atoms with E-state index in [-0.39, 0.29) is 11.1 Å². The van der Waals surface area contributed by atoms with Gasteiger partial charge < -0.3 is 4.57 Å². The molecular weight excluding hydrogens is 410 g/mol.